The van der Waals surface area contributed by atoms with Gasteiger partial charge in [0.1, 0.15) is 0 Å². The topological polar surface area (TPSA) is 98.5 Å². The molecule has 1 aromatic rings. The molecule has 8 heteroatoms. The van der Waals surface area contributed by atoms with Crippen LogP contribution in [0.15, 0.2) is 22.7 Å². The molecule has 2 rings (SSSR count). The fraction of sp³-hybridized carbons (Fsp3) is 0.500. The van der Waals surface area contributed by atoms with Crippen molar-refractivity contribution >= 4 is 33.5 Å². The second-order valence-electron chi connectivity index (χ2n) is 6.12. The number of hydrogen-bond donors (Lipinski definition) is 1. The molecule has 7 nitrogen and oxygen atoms in total. The number of nitrogens with one attached hydrogen (secondary N) is 1. The van der Waals surface area contributed by atoms with Crippen molar-refractivity contribution in [1.82, 2.24) is 5.32 Å². The molecule has 1 fully saturated rings. The van der Waals surface area contributed by atoms with Gasteiger partial charge in [0.05, 0.1) is 28.0 Å². The molecule has 1 amide bonds. The molecule has 0 radical (unpaired) electrons. The molecule has 1 aliphatic rings. The number of nitro benzene ring substituents is 1. The van der Waals surface area contributed by atoms with Gasteiger partial charge >= 0.3 is 5.97 Å². The fourth-order valence-corrected chi connectivity index (χ4v) is 3.52. The molecule has 1 N–H and O–H groups in total. The number of methoxy groups -OCH3 is 1. The molecule has 0 heterocycles. The number of carbonyl (C=O) groups excluding carboxylic acids is 2. The highest BCUT2D eigenvalue weighted by molar-refractivity contribution is 9.10. The molecule has 1 aromatic carbocycles. The fourth-order valence-electron chi connectivity index (χ4n) is 3.13. The zero-order chi connectivity index (χ0) is 17.9. The Labute approximate surface area is 148 Å². The molecule has 0 aromatic heterocycles. The van der Waals surface area contributed by atoms with E-state index in [1.54, 1.807) is 0 Å². The van der Waals surface area contributed by atoms with E-state index in [4.69, 9.17) is 4.74 Å². The van der Waals surface area contributed by atoms with Crippen molar-refractivity contribution in [3.05, 3.63) is 38.3 Å². The number of ether oxygens (including phenoxy) is 1. The third kappa shape index (κ3) is 3.75. The maximum Gasteiger partial charge on any atom is 0.311 e. The first-order chi connectivity index (χ1) is 11.3. The number of esters is 1. The van der Waals surface area contributed by atoms with Gasteiger partial charge in [-0.2, -0.15) is 0 Å². The van der Waals surface area contributed by atoms with Gasteiger partial charge in [-0.3, -0.25) is 19.7 Å². The van der Waals surface area contributed by atoms with Gasteiger partial charge in [-0.15, -0.1) is 0 Å². The summed E-state index contributed by atoms with van der Waals surface area (Å²) in [6, 6.07) is 4.19. The minimum atomic E-state index is -0.732. The van der Waals surface area contributed by atoms with Crippen molar-refractivity contribution < 1.29 is 19.2 Å². The maximum atomic E-state index is 12.6. The van der Waals surface area contributed by atoms with E-state index in [1.807, 2.05) is 6.92 Å². The van der Waals surface area contributed by atoms with E-state index >= 15 is 0 Å². The number of rotatable bonds is 4. The minimum absolute atomic E-state index is 0.180. The van der Waals surface area contributed by atoms with Crippen molar-refractivity contribution in [3.8, 4) is 0 Å². The van der Waals surface area contributed by atoms with Crippen LogP contribution in [0, 0.1) is 16.0 Å². The monoisotopic (exact) mass is 398 g/mol. The van der Waals surface area contributed by atoms with Crippen LogP contribution in [-0.4, -0.2) is 29.4 Å². The van der Waals surface area contributed by atoms with Gasteiger partial charge < -0.3 is 10.1 Å². The Bertz CT molecular complexity index is 678. The number of halogens is 1. The number of benzene rings is 1. The quantitative estimate of drug-likeness (QED) is 0.476. The zero-order valence-corrected chi connectivity index (χ0v) is 15.1. The molecule has 2 unspecified atom stereocenters. The Hall–Kier alpha value is -1.96. The van der Waals surface area contributed by atoms with E-state index in [-0.39, 0.29) is 17.2 Å². The first-order valence-corrected chi connectivity index (χ1v) is 8.42. The summed E-state index contributed by atoms with van der Waals surface area (Å²) in [6.07, 6.45) is 3.08. The van der Waals surface area contributed by atoms with Gasteiger partial charge in [0.25, 0.3) is 11.6 Å². The highest BCUT2D eigenvalue weighted by Crippen LogP contribution is 2.35. The molecular formula is C16H19BrN2O5. The number of hydrogen-bond acceptors (Lipinski definition) is 5. The Balaban J connectivity index is 2.25. The molecule has 0 aliphatic heterocycles. The van der Waals surface area contributed by atoms with Crippen LogP contribution in [0.3, 0.4) is 0 Å². The third-order valence-electron chi connectivity index (χ3n) is 4.50. The van der Waals surface area contributed by atoms with E-state index in [2.05, 4.69) is 21.2 Å². The summed E-state index contributed by atoms with van der Waals surface area (Å²) >= 11 is 3.09. The number of carbonyl (C=O) groups is 2. The smallest absolute Gasteiger partial charge is 0.311 e. The predicted octanol–water partition coefficient (Wildman–Crippen LogP) is 3.21. The molecule has 130 valence electrons. The summed E-state index contributed by atoms with van der Waals surface area (Å²) in [6.45, 7) is 1.82. The molecule has 24 heavy (non-hydrogen) atoms. The minimum Gasteiger partial charge on any atom is -0.469 e. The summed E-state index contributed by atoms with van der Waals surface area (Å²) in [5.74, 6) is -1.21. The lowest BCUT2D eigenvalue weighted by atomic mass is 9.73. The van der Waals surface area contributed by atoms with Crippen molar-refractivity contribution in [2.24, 2.45) is 5.92 Å². The van der Waals surface area contributed by atoms with E-state index in [0.717, 1.165) is 12.8 Å². The Morgan fingerprint density at radius 3 is 2.75 bits per heavy atom. The number of nitro groups is 1. The zero-order valence-electron chi connectivity index (χ0n) is 13.5. The summed E-state index contributed by atoms with van der Waals surface area (Å²) < 4.78 is 5.16. The Kier molecular flexibility index (Phi) is 5.58. The largest absolute Gasteiger partial charge is 0.469 e. The highest BCUT2D eigenvalue weighted by Gasteiger charge is 2.43. The highest BCUT2D eigenvalue weighted by atomic mass is 79.9. The van der Waals surface area contributed by atoms with Crippen molar-refractivity contribution in [1.29, 1.82) is 0 Å². The van der Waals surface area contributed by atoms with Gasteiger partial charge in [0, 0.05) is 11.6 Å². The first-order valence-electron chi connectivity index (χ1n) is 7.63. The molecule has 1 aliphatic carbocycles. The van der Waals surface area contributed by atoms with Gasteiger partial charge in [-0.25, -0.2) is 0 Å². The summed E-state index contributed by atoms with van der Waals surface area (Å²) in [5, 5.41) is 13.9. The van der Waals surface area contributed by atoms with Crippen molar-refractivity contribution in [2.45, 2.75) is 38.1 Å². The first kappa shape index (κ1) is 18.4. The van der Waals surface area contributed by atoms with Crippen LogP contribution in [0.5, 0.6) is 0 Å². The van der Waals surface area contributed by atoms with Gasteiger partial charge in [0.15, 0.2) is 0 Å². The van der Waals surface area contributed by atoms with Crippen LogP contribution in [0.2, 0.25) is 0 Å². The van der Waals surface area contributed by atoms with E-state index < -0.39 is 22.3 Å². The normalized spacial score (nSPS) is 23.4. The lowest BCUT2D eigenvalue weighted by Crippen LogP contribution is -2.55. The molecule has 2 atom stereocenters. The van der Waals surface area contributed by atoms with Crippen LogP contribution < -0.4 is 5.32 Å². The lowest BCUT2D eigenvalue weighted by Gasteiger charge is -2.40. The van der Waals surface area contributed by atoms with Gasteiger partial charge in [-0.05, 0) is 47.8 Å². The second-order valence-corrected chi connectivity index (χ2v) is 6.97. The van der Waals surface area contributed by atoms with Crippen molar-refractivity contribution in [3.63, 3.8) is 0 Å². The van der Waals surface area contributed by atoms with Crippen LogP contribution >= 0.6 is 15.9 Å². The SMILES string of the molecule is COC(=O)C1CCCCC1(C)NC(=O)c1ccc(Br)c([N+](=O)[O-])c1. The van der Waals surface area contributed by atoms with E-state index in [9.17, 15) is 19.7 Å². The van der Waals surface area contributed by atoms with Crippen LogP contribution in [0.1, 0.15) is 43.0 Å². The molecule has 0 spiro atoms. The van der Waals surface area contributed by atoms with E-state index in [1.165, 1.54) is 25.3 Å². The standard InChI is InChI=1S/C16H19BrN2O5/c1-16(8-4-3-5-11(16)15(21)24-2)18-14(20)10-6-7-12(17)13(9-10)19(22)23/h6-7,9,11H,3-5,8H2,1-2H3,(H,18,20). The summed E-state index contributed by atoms with van der Waals surface area (Å²) in [4.78, 5) is 35.0. The lowest BCUT2D eigenvalue weighted by molar-refractivity contribution is -0.385. The van der Waals surface area contributed by atoms with Crippen LogP contribution in [0.4, 0.5) is 5.69 Å². The van der Waals surface area contributed by atoms with Crippen LogP contribution in [0.25, 0.3) is 0 Å². The average molecular weight is 399 g/mol. The van der Waals surface area contributed by atoms with E-state index in [0.29, 0.717) is 17.3 Å². The molecular weight excluding hydrogens is 380 g/mol. The Morgan fingerprint density at radius 1 is 1.42 bits per heavy atom. The van der Waals surface area contributed by atoms with Crippen LogP contribution in [-0.2, 0) is 9.53 Å². The predicted molar refractivity (Wildman–Crippen MR) is 90.6 cm³/mol. The third-order valence-corrected chi connectivity index (χ3v) is 5.17. The van der Waals surface area contributed by atoms with Gasteiger partial charge in [-0.1, -0.05) is 12.8 Å². The molecule has 0 bridgehead atoms. The Morgan fingerprint density at radius 2 is 2.12 bits per heavy atom. The van der Waals surface area contributed by atoms with Crippen molar-refractivity contribution in [2.75, 3.05) is 7.11 Å². The molecule has 0 saturated heterocycles. The average Bonchev–Trinajstić information content (AvgIpc) is 2.54. The number of nitrogens with zero attached hydrogens (tertiary/aromatic N) is 1. The maximum absolute atomic E-state index is 12.6. The summed E-state index contributed by atoms with van der Waals surface area (Å²) in [7, 11) is 1.33. The van der Waals surface area contributed by atoms with Gasteiger partial charge in [0.2, 0.25) is 0 Å². The summed E-state index contributed by atoms with van der Waals surface area (Å²) in [5.41, 5.74) is -0.731. The number of amides is 1. The molecule has 1 saturated carbocycles. The second kappa shape index (κ2) is 7.29.